The number of nitrogens with zero attached hydrogens (tertiary/aromatic N) is 2. The molecule has 0 aliphatic carbocycles. The summed E-state index contributed by atoms with van der Waals surface area (Å²) in [7, 11) is 2.92. The first-order valence-corrected chi connectivity index (χ1v) is 10.7. The van der Waals surface area contributed by atoms with Crippen LogP contribution in [0.1, 0.15) is 20.8 Å². The van der Waals surface area contributed by atoms with Crippen molar-refractivity contribution in [2.45, 2.75) is 26.8 Å². The molecule has 0 bridgehead atoms. The second kappa shape index (κ2) is 12.3. The molecule has 0 aromatic heterocycles. The van der Waals surface area contributed by atoms with E-state index in [2.05, 4.69) is 15.5 Å². The summed E-state index contributed by atoms with van der Waals surface area (Å²) in [4.78, 5) is 25.1. The van der Waals surface area contributed by atoms with Crippen molar-refractivity contribution in [3.8, 4) is 23.0 Å². The normalized spacial score (nSPS) is 11.7. The van der Waals surface area contributed by atoms with E-state index < -0.39 is 17.7 Å². The molecule has 0 aliphatic rings. The first kappa shape index (κ1) is 26.2. The number of Topliss-reactive ketones (excluding diaryl/α,β-unsaturated/α-hetero) is 1. The van der Waals surface area contributed by atoms with E-state index in [4.69, 9.17) is 42.1 Å². The zero-order valence-electron chi connectivity index (χ0n) is 18.9. The minimum atomic E-state index is -1.45. The zero-order valence-corrected chi connectivity index (χ0v) is 20.4. The maximum Gasteiger partial charge on any atom is 0.258 e. The number of halogens is 2. The largest absolute Gasteiger partial charge is 0.494 e. The van der Waals surface area contributed by atoms with Crippen LogP contribution in [0.5, 0.6) is 23.0 Å². The molecule has 0 saturated carbocycles. The number of carbonyl (C=O) groups excluding carboxylic acids is 2. The number of benzene rings is 2. The summed E-state index contributed by atoms with van der Waals surface area (Å²) in [6, 6.07) is 4.66. The molecule has 11 heteroatoms. The summed E-state index contributed by atoms with van der Waals surface area (Å²) in [6.07, 6.45) is 0. The summed E-state index contributed by atoms with van der Waals surface area (Å²) < 4.78 is 21.4. The van der Waals surface area contributed by atoms with Gasteiger partial charge in [0.05, 0.1) is 37.5 Å². The number of ether oxygens (including phenoxy) is 4. The van der Waals surface area contributed by atoms with Gasteiger partial charge in [-0.2, -0.15) is 10.2 Å². The Balaban J connectivity index is 2.35. The molecule has 0 heterocycles. The van der Waals surface area contributed by atoms with Gasteiger partial charge in [0.15, 0.2) is 17.3 Å². The minimum absolute atomic E-state index is 0.180. The number of amides is 1. The Labute approximate surface area is 202 Å². The van der Waals surface area contributed by atoms with E-state index in [0.717, 1.165) is 0 Å². The molecule has 2 rings (SSSR count). The van der Waals surface area contributed by atoms with E-state index in [1.54, 1.807) is 13.0 Å². The standard InChI is InChI=1S/C22H25Cl2N3O6/c1-6-32-13-8-15(24)21(19(9-13)33-7-2)25-22(29)20(12(3)28)27-26-16-11-18(31-5)17(30-4)10-14(16)23/h8-11,20H,6-7H2,1-5H3,(H,25,29). The molecule has 1 atom stereocenters. The highest BCUT2D eigenvalue weighted by Crippen LogP contribution is 2.39. The summed E-state index contributed by atoms with van der Waals surface area (Å²) in [6.45, 7) is 5.59. The average molecular weight is 498 g/mol. The van der Waals surface area contributed by atoms with Gasteiger partial charge in [-0.1, -0.05) is 23.2 Å². The lowest BCUT2D eigenvalue weighted by Crippen LogP contribution is -2.32. The molecule has 1 N–H and O–H groups in total. The first-order valence-electron chi connectivity index (χ1n) is 9.98. The number of carbonyl (C=O) groups is 2. The Kier molecular flexibility index (Phi) is 9.74. The summed E-state index contributed by atoms with van der Waals surface area (Å²) in [5, 5.41) is 10.9. The Hall–Kier alpha value is -3.04. The molecule has 178 valence electrons. The van der Waals surface area contributed by atoms with Gasteiger partial charge in [0.1, 0.15) is 22.9 Å². The van der Waals surface area contributed by atoms with E-state index in [9.17, 15) is 9.59 Å². The molecular formula is C22H25Cl2N3O6. The number of azo groups is 1. The van der Waals surface area contributed by atoms with Crippen molar-refractivity contribution in [3.05, 3.63) is 34.3 Å². The van der Waals surface area contributed by atoms with Crippen LogP contribution in [0.15, 0.2) is 34.5 Å². The Morgan fingerprint density at radius 2 is 1.58 bits per heavy atom. The van der Waals surface area contributed by atoms with Crippen LogP contribution in [0.2, 0.25) is 10.0 Å². The van der Waals surface area contributed by atoms with Gasteiger partial charge in [-0.3, -0.25) is 9.59 Å². The number of anilines is 1. The van der Waals surface area contributed by atoms with Crippen LogP contribution in [0, 0.1) is 0 Å². The summed E-state index contributed by atoms with van der Waals surface area (Å²) in [5.74, 6) is 0.264. The van der Waals surface area contributed by atoms with Crippen molar-refractivity contribution in [1.82, 2.24) is 0 Å². The highest BCUT2D eigenvalue weighted by Gasteiger charge is 2.26. The molecule has 2 aromatic rings. The van der Waals surface area contributed by atoms with Crippen molar-refractivity contribution in [3.63, 3.8) is 0 Å². The zero-order chi connectivity index (χ0) is 24.5. The molecule has 1 unspecified atom stereocenters. The highest BCUT2D eigenvalue weighted by atomic mass is 35.5. The maximum atomic E-state index is 12.9. The van der Waals surface area contributed by atoms with Crippen LogP contribution in [-0.4, -0.2) is 45.2 Å². The number of ketones is 1. The summed E-state index contributed by atoms with van der Waals surface area (Å²) in [5.41, 5.74) is 0.389. The molecule has 9 nitrogen and oxygen atoms in total. The van der Waals surface area contributed by atoms with Crippen molar-refractivity contribution in [1.29, 1.82) is 0 Å². The second-order valence-electron chi connectivity index (χ2n) is 6.52. The number of hydrogen-bond acceptors (Lipinski definition) is 8. The third-order valence-electron chi connectivity index (χ3n) is 4.25. The van der Waals surface area contributed by atoms with Gasteiger partial charge in [-0.15, -0.1) is 0 Å². The second-order valence-corrected chi connectivity index (χ2v) is 7.34. The van der Waals surface area contributed by atoms with E-state index in [-0.39, 0.29) is 21.4 Å². The van der Waals surface area contributed by atoms with Crippen molar-refractivity contribution in [2.75, 3.05) is 32.8 Å². The molecule has 0 saturated heterocycles. The van der Waals surface area contributed by atoms with Crippen molar-refractivity contribution >= 4 is 46.3 Å². The number of nitrogens with one attached hydrogen (secondary N) is 1. The third-order valence-corrected chi connectivity index (χ3v) is 4.85. The predicted octanol–water partition coefficient (Wildman–Crippen LogP) is 5.49. The van der Waals surface area contributed by atoms with Crippen LogP contribution in [-0.2, 0) is 9.59 Å². The van der Waals surface area contributed by atoms with Crippen molar-refractivity contribution < 1.29 is 28.5 Å². The van der Waals surface area contributed by atoms with Crippen LogP contribution in [0.25, 0.3) is 0 Å². The van der Waals surface area contributed by atoms with Gasteiger partial charge < -0.3 is 24.3 Å². The first-order chi connectivity index (χ1) is 15.7. The highest BCUT2D eigenvalue weighted by molar-refractivity contribution is 6.34. The molecule has 0 aliphatic heterocycles. The fourth-order valence-corrected chi connectivity index (χ4v) is 3.19. The minimum Gasteiger partial charge on any atom is -0.494 e. The van der Waals surface area contributed by atoms with Crippen LogP contribution in [0.4, 0.5) is 11.4 Å². The monoisotopic (exact) mass is 497 g/mol. The third kappa shape index (κ3) is 6.72. The van der Waals surface area contributed by atoms with Gasteiger partial charge in [-0.05, 0) is 20.8 Å². The molecule has 2 aromatic carbocycles. The number of methoxy groups -OCH3 is 2. The van der Waals surface area contributed by atoms with Crippen LogP contribution >= 0.6 is 23.2 Å². The quantitative estimate of drug-likeness (QED) is 0.324. The maximum absolute atomic E-state index is 12.9. The average Bonchev–Trinajstić information content (AvgIpc) is 2.77. The van der Waals surface area contributed by atoms with Gasteiger partial charge in [0.25, 0.3) is 5.91 Å². The fraction of sp³-hybridized carbons (Fsp3) is 0.364. The van der Waals surface area contributed by atoms with Gasteiger partial charge in [0.2, 0.25) is 6.04 Å². The lowest BCUT2D eigenvalue weighted by molar-refractivity contribution is -0.126. The summed E-state index contributed by atoms with van der Waals surface area (Å²) >= 11 is 12.5. The number of rotatable bonds is 11. The lowest BCUT2D eigenvalue weighted by Gasteiger charge is -2.16. The van der Waals surface area contributed by atoms with Crippen LogP contribution < -0.4 is 24.3 Å². The Bertz CT molecular complexity index is 1050. The molecular weight excluding hydrogens is 473 g/mol. The van der Waals surface area contributed by atoms with E-state index in [0.29, 0.717) is 36.2 Å². The van der Waals surface area contributed by atoms with Crippen LogP contribution in [0.3, 0.4) is 0 Å². The molecule has 1 amide bonds. The predicted molar refractivity (Wildman–Crippen MR) is 126 cm³/mol. The van der Waals surface area contributed by atoms with Gasteiger partial charge in [0, 0.05) is 24.3 Å². The molecule has 33 heavy (non-hydrogen) atoms. The fourth-order valence-electron chi connectivity index (χ4n) is 2.75. The molecule has 0 fully saturated rings. The topological polar surface area (TPSA) is 108 Å². The Morgan fingerprint density at radius 1 is 0.939 bits per heavy atom. The van der Waals surface area contributed by atoms with Gasteiger partial charge >= 0.3 is 0 Å². The smallest absolute Gasteiger partial charge is 0.258 e. The Morgan fingerprint density at radius 3 is 2.15 bits per heavy atom. The van der Waals surface area contributed by atoms with Gasteiger partial charge in [-0.25, -0.2) is 0 Å². The number of hydrogen-bond donors (Lipinski definition) is 1. The molecule has 0 spiro atoms. The van der Waals surface area contributed by atoms with E-state index in [1.807, 2.05) is 6.92 Å². The van der Waals surface area contributed by atoms with E-state index in [1.165, 1.54) is 39.3 Å². The SMILES string of the molecule is CCOc1cc(Cl)c(NC(=O)C(N=Nc2cc(OC)c(OC)cc2Cl)C(C)=O)c(OCC)c1. The van der Waals surface area contributed by atoms with E-state index >= 15 is 0 Å². The lowest BCUT2D eigenvalue weighted by atomic mass is 10.2. The molecule has 0 radical (unpaired) electrons. The van der Waals surface area contributed by atoms with Crippen molar-refractivity contribution in [2.24, 2.45) is 10.2 Å².